The van der Waals surface area contributed by atoms with Crippen molar-refractivity contribution in [1.82, 2.24) is 0 Å². The molecular weight excluding hydrogens is 258 g/mol. The molecule has 0 amide bonds. The molecule has 3 nitrogen and oxygen atoms in total. The van der Waals surface area contributed by atoms with Crippen LogP contribution in [-0.4, -0.2) is 13.7 Å². The Morgan fingerprint density at radius 2 is 1.84 bits per heavy atom. The van der Waals surface area contributed by atoms with Crippen LogP contribution in [-0.2, 0) is 9.84 Å². The zero-order chi connectivity index (χ0) is 14.2. The van der Waals surface area contributed by atoms with Gasteiger partial charge in [-0.2, -0.15) is 0 Å². The summed E-state index contributed by atoms with van der Waals surface area (Å²) in [6, 6.07) is 5.03. The third kappa shape index (κ3) is 2.78. The van der Waals surface area contributed by atoms with Crippen molar-refractivity contribution < 1.29 is 8.42 Å². The van der Waals surface area contributed by atoms with Crippen LogP contribution in [0.15, 0.2) is 23.1 Å². The van der Waals surface area contributed by atoms with Gasteiger partial charge in [-0.3, -0.25) is 0 Å². The zero-order valence-corrected chi connectivity index (χ0v) is 12.7. The Bertz CT molecular complexity index is 566. The smallest absolute Gasteiger partial charge is 0.181 e. The summed E-state index contributed by atoms with van der Waals surface area (Å²) in [5, 5.41) is -0.235. The van der Waals surface area contributed by atoms with E-state index < -0.39 is 9.84 Å². The van der Waals surface area contributed by atoms with Crippen molar-refractivity contribution in [2.75, 3.05) is 5.73 Å². The Morgan fingerprint density at radius 1 is 1.16 bits per heavy atom. The lowest BCUT2D eigenvalue weighted by Crippen LogP contribution is -2.31. The molecule has 0 saturated heterocycles. The first kappa shape index (κ1) is 14.4. The summed E-state index contributed by atoms with van der Waals surface area (Å²) in [5.74, 6) is 1.10. The summed E-state index contributed by atoms with van der Waals surface area (Å²) in [6.45, 7) is 6.21. The highest BCUT2D eigenvalue weighted by atomic mass is 32.2. The minimum atomic E-state index is -3.21. The molecule has 4 heteroatoms. The number of aryl methyl sites for hydroxylation is 1. The van der Waals surface area contributed by atoms with E-state index in [0.29, 0.717) is 22.4 Å². The molecule has 1 aromatic carbocycles. The van der Waals surface area contributed by atoms with Crippen LogP contribution in [0.5, 0.6) is 0 Å². The topological polar surface area (TPSA) is 60.2 Å². The summed E-state index contributed by atoms with van der Waals surface area (Å²) in [7, 11) is -3.21. The van der Waals surface area contributed by atoms with E-state index in [1.807, 2.05) is 6.92 Å². The maximum Gasteiger partial charge on any atom is 0.181 e. The minimum absolute atomic E-state index is 0.235. The van der Waals surface area contributed by atoms with Gasteiger partial charge in [0.15, 0.2) is 9.84 Å². The molecule has 0 heterocycles. The van der Waals surface area contributed by atoms with Crippen molar-refractivity contribution in [2.24, 2.45) is 11.8 Å². The average molecular weight is 281 g/mol. The van der Waals surface area contributed by atoms with E-state index in [0.717, 1.165) is 24.8 Å². The quantitative estimate of drug-likeness (QED) is 0.847. The zero-order valence-electron chi connectivity index (χ0n) is 11.9. The monoisotopic (exact) mass is 281 g/mol. The van der Waals surface area contributed by atoms with E-state index in [1.165, 1.54) is 0 Å². The van der Waals surface area contributed by atoms with Gasteiger partial charge in [0.1, 0.15) is 0 Å². The highest BCUT2D eigenvalue weighted by molar-refractivity contribution is 7.92. The normalized spacial score (nSPS) is 28.3. The standard InChI is InChI=1S/C15H23NO2S/c1-10-4-5-13(8-11(10)2)19(17,18)14-6-7-15(16)12(3)9-14/h6-7,9-11,13H,4-5,8,16H2,1-3H3. The van der Waals surface area contributed by atoms with E-state index in [9.17, 15) is 8.42 Å². The van der Waals surface area contributed by atoms with E-state index in [2.05, 4.69) is 13.8 Å². The van der Waals surface area contributed by atoms with Crippen LogP contribution in [0.4, 0.5) is 5.69 Å². The van der Waals surface area contributed by atoms with Gasteiger partial charge in [0.05, 0.1) is 10.1 Å². The van der Waals surface area contributed by atoms with Crippen molar-refractivity contribution in [3.63, 3.8) is 0 Å². The molecule has 0 radical (unpaired) electrons. The number of hydrogen-bond acceptors (Lipinski definition) is 3. The van der Waals surface area contributed by atoms with E-state index >= 15 is 0 Å². The Labute approximate surface area is 116 Å². The summed E-state index contributed by atoms with van der Waals surface area (Å²) < 4.78 is 25.3. The summed E-state index contributed by atoms with van der Waals surface area (Å²) >= 11 is 0. The lowest BCUT2D eigenvalue weighted by Gasteiger charge is -2.31. The molecule has 2 rings (SSSR count). The first-order valence-electron chi connectivity index (χ1n) is 6.92. The predicted molar refractivity (Wildman–Crippen MR) is 78.7 cm³/mol. The first-order valence-corrected chi connectivity index (χ1v) is 8.47. The van der Waals surface area contributed by atoms with E-state index in [4.69, 9.17) is 5.73 Å². The van der Waals surface area contributed by atoms with Crippen LogP contribution in [0, 0.1) is 18.8 Å². The number of hydrogen-bond donors (Lipinski definition) is 1. The lowest BCUT2D eigenvalue weighted by molar-refractivity contribution is 0.278. The van der Waals surface area contributed by atoms with Crippen molar-refractivity contribution >= 4 is 15.5 Å². The van der Waals surface area contributed by atoms with Gasteiger partial charge in [-0.25, -0.2) is 8.42 Å². The van der Waals surface area contributed by atoms with E-state index in [-0.39, 0.29) is 5.25 Å². The van der Waals surface area contributed by atoms with Crippen LogP contribution in [0.25, 0.3) is 0 Å². The number of benzene rings is 1. The third-order valence-corrected chi connectivity index (χ3v) is 6.78. The fraction of sp³-hybridized carbons (Fsp3) is 0.600. The molecule has 106 valence electrons. The maximum absolute atomic E-state index is 12.7. The molecule has 1 aliphatic carbocycles. The first-order chi connectivity index (χ1) is 8.82. The predicted octanol–water partition coefficient (Wildman–Crippen LogP) is 3.18. The molecular formula is C15H23NO2S. The molecule has 3 atom stereocenters. The Kier molecular flexibility index (Phi) is 3.90. The molecule has 19 heavy (non-hydrogen) atoms. The molecule has 0 spiro atoms. The summed E-state index contributed by atoms with van der Waals surface area (Å²) in [4.78, 5) is 0.422. The molecule has 1 fully saturated rings. The molecule has 0 aromatic heterocycles. The maximum atomic E-state index is 12.7. The van der Waals surface area contributed by atoms with Gasteiger partial charge >= 0.3 is 0 Å². The fourth-order valence-corrected chi connectivity index (χ4v) is 4.78. The van der Waals surface area contributed by atoms with Gasteiger partial charge in [0.2, 0.25) is 0 Å². The Hall–Kier alpha value is -1.03. The summed E-state index contributed by atoms with van der Waals surface area (Å²) in [6.07, 6.45) is 2.54. The molecule has 1 aliphatic rings. The van der Waals surface area contributed by atoms with Crippen LogP contribution in [0.2, 0.25) is 0 Å². The lowest BCUT2D eigenvalue weighted by atomic mass is 9.81. The second kappa shape index (κ2) is 5.16. The number of sulfone groups is 1. The van der Waals surface area contributed by atoms with Gasteiger partial charge in [0.25, 0.3) is 0 Å². The average Bonchev–Trinajstić information content (AvgIpc) is 2.35. The summed E-state index contributed by atoms with van der Waals surface area (Å²) in [5.41, 5.74) is 7.23. The minimum Gasteiger partial charge on any atom is -0.399 e. The molecule has 3 unspecified atom stereocenters. The van der Waals surface area contributed by atoms with Crippen LogP contribution in [0.1, 0.15) is 38.7 Å². The van der Waals surface area contributed by atoms with Crippen molar-refractivity contribution in [3.05, 3.63) is 23.8 Å². The number of nitrogen functional groups attached to an aromatic ring is 1. The molecule has 2 N–H and O–H groups in total. The van der Waals surface area contributed by atoms with Crippen molar-refractivity contribution in [2.45, 2.75) is 50.2 Å². The number of anilines is 1. The highest BCUT2D eigenvalue weighted by Crippen LogP contribution is 2.35. The van der Waals surface area contributed by atoms with Gasteiger partial charge in [-0.1, -0.05) is 13.8 Å². The van der Waals surface area contributed by atoms with Gasteiger partial charge in [-0.15, -0.1) is 0 Å². The van der Waals surface area contributed by atoms with Gasteiger partial charge in [-0.05, 0) is 61.8 Å². The largest absolute Gasteiger partial charge is 0.399 e. The van der Waals surface area contributed by atoms with Crippen LogP contribution >= 0.6 is 0 Å². The highest BCUT2D eigenvalue weighted by Gasteiger charge is 2.34. The number of rotatable bonds is 2. The van der Waals surface area contributed by atoms with E-state index in [1.54, 1.807) is 18.2 Å². The molecule has 0 aliphatic heterocycles. The van der Waals surface area contributed by atoms with Crippen molar-refractivity contribution in [1.29, 1.82) is 0 Å². The number of nitrogens with two attached hydrogens (primary N) is 1. The van der Waals surface area contributed by atoms with Crippen molar-refractivity contribution in [3.8, 4) is 0 Å². The fourth-order valence-electron chi connectivity index (χ4n) is 2.80. The Morgan fingerprint density at radius 3 is 2.42 bits per heavy atom. The van der Waals surface area contributed by atoms with Gasteiger partial charge in [0, 0.05) is 5.69 Å². The van der Waals surface area contributed by atoms with Crippen LogP contribution < -0.4 is 5.73 Å². The molecule has 0 bridgehead atoms. The van der Waals surface area contributed by atoms with Crippen LogP contribution in [0.3, 0.4) is 0 Å². The third-order valence-electron chi connectivity index (χ3n) is 4.56. The molecule has 1 aromatic rings. The van der Waals surface area contributed by atoms with Gasteiger partial charge < -0.3 is 5.73 Å². The second-order valence-corrected chi connectivity index (χ2v) is 8.18. The SMILES string of the molecule is Cc1cc(S(=O)(=O)C2CCC(C)C(C)C2)ccc1N. The molecule has 1 saturated carbocycles. The Balaban J connectivity index is 2.29. The second-order valence-electron chi connectivity index (χ2n) is 5.95.